The quantitative estimate of drug-likeness (QED) is 0.856. The second-order valence-corrected chi connectivity index (χ2v) is 6.62. The molecule has 1 heterocycles. The smallest absolute Gasteiger partial charge is 0.138 e. The molecule has 0 aliphatic heterocycles. The van der Waals surface area contributed by atoms with Crippen LogP contribution in [0.4, 0.5) is 0 Å². The third-order valence-electron chi connectivity index (χ3n) is 2.99. The third kappa shape index (κ3) is 4.23. The number of aryl methyl sites for hydroxylation is 1. The molecule has 0 aliphatic rings. The van der Waals surface area contributed by atoms with Crippen molar-refractivity contribution >= 4 is 22.9 Å². The van der Waals surface area contributed by atoms with Crippen molar-refractivity contribution in [2.75, 3.05) is 0 Å². The molecule has 0 radical (unpaired) electrons. The number of thiophene rings is 1. The van der Waals surface area contributed by atoms with Gasteiger partial charge in [-0.05, 0) is 49.6 Å². The zero-order chi connectivity index (χ0) is 14.5. The van der Waals surface area contributed by atoms with Crippen LogP contribution < -0.4 is 10.5 Å². The average Bonchev–Trinajstić information content (AvgIpc) is 2.85. The Hall–Kier alpha value is -1.03. The molecule has 0 saturated carbocycles. The molecule has 2 rings (SSSR count). The predicted molar refractivity (Wildman–Crippen MR) is 86.8 cm³/mol. The Morgan fingerprint density at radius 2 is 2.00 bits per heavy atom. The topological polar surface area (TPSA) is 35.2 Å². The lowest BCUT2D eigenvalue weighted by Gasteiger charge is -2.10. The van der Waals surface area contributed by atoms with Crippen molar-refractivity contribution in [3.8, 4) is 5.75 Å². The average molecular weight is 310 g/mol. The van der Waals surface area contributed by atoms with Crippen molar-refractivity contribution in [1.82, 2.24) is 0 Å². The van der Waals surface area contributed by atoms with E-state index in [4.69, 9.17) is 22.1 Å². The molecular formula is C16H20ClNOS. The van der Waals surface area contributed by atoms with E-state index in [1.165, 1.54) is 9.75 Å². The highest BCUT2D eigenvalue weighted by molar-refractivity contribution is 7.11. The van der Waals surface area contributed by atoms with Gasteiger partial charge in [0.05, 0.1) is 5.02 Å². The van der Waals surface area contributed by atoms with Crippen molar-refractivity contribution in [2.45, 2.75) is 39.3 Å². The molecule has 1 unspecified atom stereocenters. The van der Waals surface area contributed by atoms with E-state index in [0.717, 1.165) is 24.2 Å². The van der Waals surface area contributed by atoms with E-state index >= 15 is 0 Å². The van der Waals surface area contributed by atoms with E-state index < -0.39 is 0 Å². The zero-order valence-electron chi connectivity index (χ0n) is 11.9. The lowest BCUT2D eigenvalue weighted by atomic mass is 10.1. The standard InChI is InChI=1S/C16H20ClNOS/c1-3-13-5-6-14(20-13)10-19-16-7-4-12(8-11(2)18)9-15(16)17/h4-7,9,11H,3,8,10,18H2,1-2H3. The fourth-order valence-corrected chi connectivity index (χ4v) is 3.13. The van der Waals surface area contributed by atoms with Gasteiger partial charge in [-0.2, -0.15) is 0 Å². The molecule has 108 valence electrons. The number of benzene rings is 1. The largest absolute Gasteiger partial charge is 0.487 e. The van der Waals surface area contributed by atoms with Crippen LogP contribution in [0.25, 0.3) is 0 Å². The van der Waals surface area contributed by atoms with Gasteiger partial charge in [-0.3, -0.25) is 0 Å². The summed E-state index contributed by atoms with van der Waals surface area (Å²) in [6.07, 6.45) is 1.89. The summed E-state index contributed by atoms with van der Waals surface area (Å²) in [5, 5.41) is 0.649. The van der Waals surface area contributed by atoms with Crippen molar-refractivity contribution in [2.24, 2.45) is 5.73 Å². The first kappa shape index (κ1) is 15.4. The van der Waals surface area contributed by atoms with Crippen molar-refractivity contribution in [3.63, 3.8) is 0 Å². The molecule has 0 saturated heterocycles. The normalized spacial score (nSPS) is 12.4. The molecule has 1 aromatic carbocycles. The fraction of sp³-hybridized carbons (Fsp3) is 0.375. The highest BCUT2D eigenvalue weighted by Crippen LogP contribution is 2.27. The summed E-state index contributed by atoms with van der Waals surface area (Å²) in [5.74, 6) is 0.728. The predicted octanol–water partition coefficient (Wildman–Crippen LogP) is 4.43. The van der Waals surface area contributed by atoms with Crippen LogP contribution in [-0.4, -0.2) is 6.04 Å². The minimum absolute atomic E-state index is 0.136. The summed E-state index contributed by atoms with van der Waals surface area (Å²) in [6, 6.07) is 10.3. The minimum atomic E-state index is 0.136. The zero-order valence-corrected chi connectivity index (χ0v) is 13.4. The molecule has 2 nitrogen and oxygen atoms in total. The van der Waals surface area contributed by atoms with Gasteiger partial charge < -0.3 is 10.5 Å². The van der Waals surface area contributed by atoms with Crippen molar-refractivity contribution in [1.29, 1.82) is 0 Å². The molecule has 0 spiro atoms. The Kier molecular flexibility index (Phi) is 5.46. The van der Waals surface area contributed by atoms with E-state index in [1.807, 2.05) is 25.1 Å². The van der Waals surface area contributed by atoms with E-state index in [9.17, 15) is 0 Å². The van der Waals surface area contributed by atoms with E-state index in [-0.39, 0.29) is 6.04 Å². The Labute approximate surface area is 129 Å². The lowest BCUT2D eigenvalue weighted by Crippen LogP contribution is -2.17. The highest BCUT2D eigenvalue weighted by atomic mass is 35.5. The molecule has 1 aromatic heterocycles. The van der Waals surface area contributed by atoms with Crippen molar-refractivity contribution in [3.05, 3.63) is 50.7 Å². The molecule has 2 aromatic rings. The van der Waals surface area contributed by atoms with Crippen LogP contribution in [0.5, 0.6) is 5.75 Å². The van der Waals surface area contributed by atoms with Crippen LogP contribution in [0, 0.1) is 0 Å². The van der Waals surface area contributed by atoms with Gasteiger partial charge in [0.15, 0.2) is 0 Å². The van der Waals surface area contributed by atoms with Crippen LogP contribution in [-0.2, 0) is 19.4 Å². The molecule has 20 heavy (non-hydrogen) atoms. The Bertz CT molecular complexity index is 565. The molecule has 1 atom stereocenters. The highest BCUT2D eigenvalue weighted by Gasteiger charge is 2.06. The molecule has 0 fully saturated rings. The summed E-state index contributed by atoms with van der Waals surface area (Å²) in [4.78, 5) is 2.60. The van der Waals surface area contributed by atoms with Crippen LogP contribution in [0.3, 0.4) is 0 Å². The van der Waals surface area contributed by atoms with Gasteiger partial charge in [0.2, 0.25) is 0 Å². The van der Waals surface area contributed by atoms with Gasteiger partial charge in [-0.1, -0.05) is 24.6 Å². The maximum atomic E-state index is 6.25. The van der Waals surface area contributed by atoms with Gasteiger partial charge in [0.1, 0.15) is 12.4 Å². The van der Waals surface area contributed by atoms with Gasteiger partial charge >= 0.3 is 0 Å². The second kappa shape index (κ2) is 7.11. The van der Waals surface area contributed by atoms with Crippen LogP contribution in [0.2, 0.25) is 5.02 Å². The first-order valence-corrected chi connectivity index (χ1v) is 8.02. The maximum Gasteiger partial charge on any atom is 0.138 e. The summed E-state index contributed by atoms with van der Waals surface area (Å²) in [7, 11) is 0. The van der Waals surface area contributed by atoms with E-state index in [0.29, 0.717) is 11.6 Å². The van der Waals surface area contributed by atoms with Crippen LogP contribution in [0.15, 0.2) is 30.3 Å². The lowest BCUT2D eigenvalue weighted by molar-refractivity contribution is 0.310. The molecule has 4 heteroatoms. The Balaban J connectivity index is 1.99. The first-order chi connectivity index (χ1) is 9.58. The Morgan fingerprint density at radius 1 is 1.25 bits per heavy atom. The molecule has 0 amide bonds. The van der Waals surface area contributed by atoms with Gasteiger partial charge in [-0.25, -0.2) is 0 Å². The molecular weight excluding hydrogens is 290 g/mol. The van der Waals surface area contributed by atoms with Crippen LogP contribution in [0.1, 0.15) is 29.2 Å². The van der Waals surface area contributed by atoms with Gasteiger partial charge in [0.25, 0.3) is 0 Å². The number of halogens is 1. The number of hydrogen-bond donors (Lipinski definition) is 1. The maximum absolute atomic E-state index is 6.25. The van der Waals surface area contributed by atoms with E-state index in [2.05, 4.69) is 19.1 Å². The summed E-state index contributed by atoms with van der Waals surface area (Å²) < 4.78 is 5.79. The number of ether oxygens (including phenoxy) is 1. The molecule has 0 aliphatic carbocycles. The number of hydrogen-bond acceptors (Lipinski definition) is 3. The minimum Gasteiger partial charge on any atom is -0.487 e. The number of rotatable bonds is 6. The SMILES string of the molecule is CCc1ccc(COc2ccc(CC(C)N)cc2Cl)s1. The summed E-state index contributed by atoms with van der Waals surface area (Å²) in [5.41, 5.74) is 6.93. The summed E-state index contributed by atoms with van der Waals surface area (Å²) >= 11 is 8.03. The number of nitrogens with two attached hydrogens (primary N) is 1. The molecule has 0 bridgehead atoms. The summed E-state index contributed by atoms with van der Waals surface area (Å²) in [6.45, 7) is 4.71. The third-order valence-corrected chi connectivity index (χ3v) is 4.49. The Morgan fingerprint density at radius 3 is 2.60 bits per heavy atom. The van der Waals surface area contributed by atoms with E-state index in [1.54, 1.807) is 11.3 Å². The van der Waals surface area contributed by atoms with Gasteiger partial charge in [0, 0.05) is 15.8 Å². The monoisotopic (exact) mass is 309 g/mol. The van der Waals surface area contributed by atoms with Gasteiger partial charge in [-0.15, -0.1) is 11.3 Å². The van der Waals surface area contributed by atoms with Crippen molar-refractivity contribution < 1.29 is 4.74 Å². The molecule has 2 N–H and O–H groups in total. The first-order valence-electron chi connectivity index (χ1n) is 6.83. The second-order valence-electron chi connectivity index (χ2n) is 4.96. The van der Waals surface area contributed by atoms with Crippen LogP contribution >= 0.6 is 22.9 Å². The fourth-order valence-electron chi connectivity index (χ4n) is 2.00.